The second-order valence-corrected chi connectivity index (χ2v) is 8.41. The Kier molecular flexibility index (Phi) is 6.85. The molecule has 1 fully saturated rings. The van der Waals surface area contributed by atoms with E-state index in [9.17, 15) is 9.18 Å². The lowest BCUT2D eigenvalue weighted by molar-refractivity contribution is 0.0938. The number of carbonyl (C=O) groups is 1. The molecule has 1 atom stereocenters. The molecule has 0 bridgehead atoms. The second-order valence-electron chi connectivity index (χ2n) is 7.12. The summed E-state index contributed by atoms with van der Waals surface area (Å²) in [6, 6.07) is 10.0. The molecule has 1 aromatic heterocycles. The van der Waals surface area contributed by atoms with Gasteiger partial charge >= 0.3 is 0 Å². The Hall–Kier alpha value is -1.92. The molecule has 0 spiro atoms. The summed E-state index contributed by atoms with van der Waals surface area (Å²) >= 11 is 1.71. The van der Waals surface area contributed by atoms with Crippen LogP contribution in [0.15, 0.2) is 47.6 Å². The van der Waals surface area contributed by atoms with Crippen molar-refractivity contribution in [1.82, 2.24) is 15.2 Å². The highest BCUT2D eigenvalue weighted by atomic mass is 32.2. The lowest BCUT2D eigenvalue weighted by atomic mass is 10.1. The van der Waals surface area contributed by atoms with Crippen LogP contribution in [0.1, 0.15) is 47.6 Å². The Bertz CT molecular complexity index is 778. The molecule has 0 radical (unpaired) electrons. The minimum absolute atomic E-state index is 0.104. The average Bonchev–Trinajstić information content (AvgIpc) is 3.15. The summed E-state index contributed by atoms with van der Waals surface area (Å²) in [5.41, 5.74) is 1.46. The van der Waals surface area contributed by atoms with E-state index >= 15 is 0 Å². The van der Waals surface area contributed by atoms with Crippen LogP contribution in [0.3, 0.4) is 0 Å². The Balaban J connectivity index is 1.69. The topological polar surface area (TPSA) is 45.2 Å². The van der Waals surface area contributed by atoms with Gasteiger partial charge in [-0.05, 0) is 56.8 Å². The number of halogens is 1. The van der Waals surface area contributed by atoms with Crippen LogP contribution in [0.5, 0.6) is 0 Å². The van der Waals surface area contributed by atoms with Crippen molar-refractivity contribution in [2.45, 2.75) is 42.0 Å². The van der Waals surface area contributed by atoms with Crippen molar-refractivity contribution in [3.8, 4) is 0 Å². The molecule has 1 heterocycles. The van der Waals surface area contributed by atoms with Crippen LogP contribution in [-0.4, -0.2) is 41.7 Å². The lowest BCUT2D eigenvalue weighted by Gasteiger charge is -2.25. The van der Waals surface area contributed by atoms with Crippen molar-refractivity contribution in [3.05, 3.63) is 59.5 Å². The number of likely N-dealkylation sites (N-methyl/N-ethyl adjacent to an activating group) is 1. The van der Waals surface area contributed by atoms with Crippen LogP contribution < -0.4 is 5.32 Å². The quantitative estimate of drug-likeness (QED) is 0.770. The highest BCUT2D eigenvalue weighted by Crippen LogP contribution is 2.35. The molecule has 1 N–H and O–H groups in total. The van der Waals surface area contributed by atoms with Crippen LogP contribution in [0.2, 0.25) is 0 Å². The van der Waals surface area contributed by atoms with Crippen LogP contribution in [0.25, 0.3) is 0 Å². The van der Waals surface area contributed by atoms with Gasteiger partial charge in [-0.1, -0.05) is 25.0 Å². The molecule has 2 aromatic rings. The molecular formula is C21H26FN3OS. The van der Waals surface area contributed by atoms with E-state index in [1.54, 1.807) is 30.1 Å². The van der Waals surface area contributed by atoms with Gasteiger partial charge in [-0.15, -0.1) is 11.8 Å². The highest BCUT2D eigenvalue weighted by Gasteiger charge is 2.22. The molecule has 1 aromatic carbocycles. The zero-order valence-electron chi connectivity index (χ0n) is 15.8. The molecule has 6 heteroatoms. The largest absolute Gasteiger partial charge is 0.350 e. The molecule has 0 aliphatic heterocycles. The number of rotatable bonds is 7. The van der Waals surface area contributed by atoms with Gasteiger partial charge < -0.3 is 10.2 Å². The fourth-order valence-corrected chi connectivity index (χ4v) is 4.71. The van der Waals surface area contributed by atoms with Crippen molar-refractivity contribution in [3.63, 3.8) is 0 Å². The van der Waals surface area contributed by atoms with E-state index in [1.807, 2.05) is 31.1 Å². The molecule has 0 saturated heterocycles. The predicted molar refractivity (Wildman–Crippen MR) is 108 cm³/mol. The smallest absolute Gasteiger partial charge is 0.254 e. The van der Waals surface area contributed by atoms with Gasteiger partial charge in [-0.25, -0.2) is 9.37 Å². The summed E-state index contributed by atoms with van der Waals surface area (Å²) in [4.78, 5) is 19.2. The molecule has 144 valence electrons. The van der Waals surface area contributed by atoms with E-state index in [-0.39, 0.29) is 17.8 Å². The first-order chi connectivity index (χ1) is 13.0. The van der Waals surface area contributed by atoms with Gasteiger partial charge in [-0.3, -0.25) is 4.79 Å². The van der Waals surface area contributed by atoms with Gasteiger partial charge in [0, 0.05) is 18.0 Å². The molecule has 3 rings (SSSR count). The van der Waals surface area contributed by atoms with Gasteiger partial charge in [0.25, 0.3) is 5.91 Å². The average molecular weight is 388 g/mol. The predicted octanol–water partition coefficient (Wildman–Crippen LogP) is 4.29. The van der Waals surface area contributed by atoms with Gasteiger partial charge in [0.1, 0.15) is 10.8 Å². The number of hydrogen-bond donors (Lipinski definition) is 1. The fourth-order valence-electron chi connectivity index (χ4n) is 3.42. The molecule has 1 unspecified atom stereocenters. The Morgan fingerprint density at radius 2 is 2.07 bits per heavy atom. The van der Waals surface area contributed by atoms with E-state index in [1.165, 1.54) is 37.8 Å². The summed E-state index contributed by atoms with van der Waals surface area (Å²) in [7, 11) is 3.85. The summed E-state index contributed by atoms with van der Waals surface area (Å²) in [6.45, 7) is 0.401. The Morgan fingerprint density at radius 1 is 1.30 bits per heavy atom. The first-order valence-electron chi connectivity index (χ1n) is 9.36. The second kappa shape index (κ2) is 9.33. The van der Waals surface area contributed by atoms with Crippen LogP contribution in [-0.2, 0) is 0 Å². The highest BCUT2D eigenvalue weighted by molar-refractivity contribution is 7.99. The fraction of sp³-hybridized carbons (Fsp3) is 0.429. The van der Waals surface area contributed by atoms with E-state index in [0.29, 0.717) is 17.4 Å². The van der Waals surface area contributed by atoms with E-state index in [4.69, 9.17) is 0 Å². The van der Waals surface area contributed by atoms with E-state index < -0.39 is 0 Å². The third kappa shape index (κ3) is 5.30. The number of amides is 1. The summed E-state index contributed by atoms with van der Waals surface area (Å²) < 4.78 is 13.6. The number of nitrogens with zero attached hydrogens (tertiary/aromatic N) is 2. The van der Waals surface area contributed by atoms with E-state index in [2.05, 4.69) is 10.3 Å². The van der Waals surface area contributed by atoms with Crippen molar-refractivity contribution >= 4 is 17.7 Å². The number of aromatic nitrogens is 1. The van der Waals surface area contributed by atoms with Gasteiger partial charge in [-0.2, -0.15) is 0 Å². The maximum absolute atomic E-state index is 13.6. The zero-order valence-corrected chi connectivity index (χ0v) is 16.6. The molecule has 27 heavy (non-hydrogen) atoms. The molecular weight excluding hydrogens is 361 g/mol. The molecule has 1 amide bonds. The summed E-state index contributed by atoms with van der Waals surface area (Å²) in [6.07, 6.45) is 6.62. The molecule has 1 aliphatic carbocycles. The minimum atomic E-state index is -0.270. The van der Waals surface area contributed by atoms with Crippen LogP contribution in [0, 0.1) is 5.82 Å². The van der Waals surface area contributed by atoms with Gasteiger partial charge in [0.05, 0.1) is 11.6 Å². The van der Waals surface area contributed by atoms with Crippen molar-refractivity contribution < 1.29 is 9.18 Å². The van der Waals surface area contributed by atoms with Crippen molar-refractivity contribution in [1.29, 1.82) is 0 Å². The third-order valence-electron chi connectivity index (χ3n) is 4.91. The normalized spacial score (nSPS) is 15.9. The number of benzene rings is 1. The number of nitrogens with one attached hydrogen (secondary N) is 1. The minimum Gasteiger partial charge on any atom is -0.350 e. The monoisotopic (exact) mass is 387 g/mol. The Labute approximate surface area is 164 Å². The Morgan fingerprint density at radius 3 is 2.78 bits per heavy atom. The van der Waals surface area contributed by atoms with Gasteiger partial charge in [0.15, 0.2) is 0 Å². The standard InChI is InChI=1S/C21H26FN3OS/c1-25(2)19(15-7-5-8-16(22)13-15)14-24-20(26)18-11-6-12-23-21(18)27-17-9-3-4-10-17/h5-8,11-13,17,19H,3-4,9-10,14H2,1-2H3,(H,24,26). The van der Waals surface area contributed by atoms with Crippen LogP contribution >= 0.6 is 11.8 Å². The number of hydrogen-bond acceptors (Lipinski definition) is 4. The van der Waals surface area contributed by atoms with Crippen molar-refractivity contribution in [2.24, 2.45) is 0 Å². The lowest BCUT2D eigenvalue weighted by Crippen LogP contribution is -2.35. The maximum Gasteiger partial charge on any atom is 0.254 e. The molecule has 1 saturated carbocycles. The van der Waals surface area contributed by atoms with Crippen LogP contribution in [0.4, 0.5) is 4.39 Å². The summed E-state index contributed by atoms with van der Waals surface area (Å²) in [5.74, 6) is -0.403. The first-order valence-corrected chi connectivity index (χ1v) is 10.2. The summed E-state index contributed by atoms with van der Waals surface area (Å²) in [5, 5.41) is 4.36. The maximum atomic E-state index is 13.6. The number of thioether (sulfide) groups is 1. The van der Waals surface area contributed by atoms with Crippen molar-refractivity contribution in [2.75, 3.05) is 20.6 Å². The van der Waals surface area contributed by atoms with Gasteiger partial charge in [0.2, 0.25) is 0 Å². The zero-order chi connectivity index (χ0) is 19.2. The SMILES string of the molecule is CN(C)C(CNC(=O)c1cccnc1SC1CCCC1)c1cccc(F)c1. The third-order valence-corrected chi connectivity index (χ3v) is 6.26. The number of pyridine rings is 1. The van der Waals surface area contributed by atoms with E-state index in [0.717, 1.165) is 10.6 Å². The number of carbonyl (C=O) groups excluding carboxylic acids is 1. The molecule has 4 nitrogen and oxygen atoms in total. The first kappa shape index (κ1) is 19.8. The molecule has 1 aliphatic rings.